The zero-order valence-electron chi connectivity index (χ0n) is 16.2. The number of aliphatic hydroxyl groups is 1. The number of carbonyl (C=O) groups excluding carboxylic acids is 2. The standard InChI is InChI=1S/C19H29N5O3/c1-13-15(14(2)22-18(20)21-13)10-17(27)23-7-3-5-19(11-23)6-4-16(26)24(12-19)8-9-25/h25H,3-12H2,1-2H3,(H2,20,21,22)/t19-/m0/s1. The SMILES string of the molecule is Cc1nc(N)nc(C)c1CC(=O)N1CCC[C@]2(CCC(=O)N(CCO)C2)C1. The third kappa shape index (κ3) is 4.21. The summed E-state index contributed by atoms with van der Waals surface area (Å²) in [6.45, 7) is 6.07. The number of aromatic nitrogens is 2. The van der Waals surface area contributed by atoms with Crippen molar-refractivity contribution in [3.05, 3.63) is 17.0 Å². The fourth-order valence-corrected chi connectivity index (χ4v) is 4.46. The number of aryl methyl sites for hydroxylation is 2. The number of carbonyl (C=O) groups is 2. The Labute approximate surface area is 159 Å². The van der Waals surface area contributed by atoms with Crippen LogP contribution < -0.4 is 5.73 Å². The number of likely N-dealkylation sites (tertiary alicyclic amines) is 2. The minimum atomic E-state index is -0.0568. The van der Waals surface area contributed by atoms with E-state index in [1.807, 2.05) is 18.7 Å². The average molecular weight is 375 g/mol. The van der Waals surface area contributed by atoms with Gasteiger partial charge in [0.25, 0.3) is 0 Å². The maximum Gasteiger partial charge on any atom is 0.227 e. The Morgan fingerprint density at radius 2 is 1.93 bits per heavy atom. The van der Waals surface area contributed by atoms with Gasteiger partial charge >= 0.3 is 0 Å². The molecule has 148 valence electrons. The fourth-order valence-electron chi connectivity index (χ4n) is 4.46. The number of amides is 2. The van der Waals surface area contributed by atoms with Crippen molar-refractivity contribution in [2.75, 3.05) is 38.5 Å². The molecule has 1 spiro atoms. The first-order valence-corrected chi connectivity index (χ1v) is 9.59. The highest BCUT2D eigenvalue weighted by Gasteiger charge is 2.42. The second-order valence-electron chi connectivity index (χ2n) is 7.87. The van der Waals surface area contributed by atoms with Crippen LogP contribution in [0.25, 0.3) is 0 Å². The van der Waals surface area contributed by atoms with Gasteiger partial charge in [-0.05, 0) is 33.1 Å². The molecule has 0 aromatic carbocycles. The predicted molar refractivity (Wildman–Crippen MR) is 101 cm³/mol. The summed E-state index contributed by atoms with van der Waals surface area (Å²) in [4.78, 5) is 37.1. The number of hydrogen-bond acceptors (Lipinski definition) is 6. The van der Waals surface area contributed by atoms with Crippen LogP contribution in [0.1, 0.15) is 42.6 Å². The lowest BCUT2D eigenvalue weighted by atomic mass is 9.73. The van der Waals surface area contributed by atoms with E-state index in [9.17, 15) is 14.7 Å². The Morgan fingerprint density at radius 3 is 2.59 bits per heavy atom. The molecule has 2 aliphatic rings. The summed E-state index contributed by atoms with van der Waals surface area (Å²) in [6, 6.07) is 0. The summed E-state index contributed by atoms with van der Waals surface area (Å²) in [5.74, 6) is 0.400. The Morgan fingerprint density at radius 1 is 1.22 bits per heavy atom. The van der Waals surface area contributed by atoms with Gasteiger partial charge < -0.3 is 20.6 Å². The van der Waals surface area contributed by atoms with Gasteiger partial charge in [0.1, 0.15) is 0 Å². The summed E-state index contributed by atoms with van der Waals surface area (Å²) >= 11 is 0. The van der Waals surface area contributed by atoms with E-state index < -0.39 is 0 Å². The van der Waals surface area contributed by atoms with Gasteiger partial charge in [-0.25, -0.2) is 9.97 Å². The van der Waals surface area contributed by atoms with Crippen molar-refractivity contribution in [2.24, 2.45) is 5.41 Å². The van der Waals surface area contributed by atoms with Crippen LogP contribution in [-0.4, -0.2) is 69.5 Å². The fraction of sp³-hybridized carbons (Fsp3) is 0.684. The monoisotopic (exact) mass is 375 g/mol. The number of hydrogen-bond donors (Lipinski definition) is 2. The summed E-state index contributed by atoms with van der Waals surface area (Å²) in [7, 11) is 0. The van der Waals surface area contributed by atoms with Gasteiger partial charge in [0.15, 0.2) is 0 Å². The molecule has 1 aromatic rings. The molecule has 2 saturated heterocycles. The van der Waals surface area contributed by atoms with Crippen LogP contribution in [0.3, 0.4) is 0 Å². The van der Waals surface area contributed by atoms with Crippen LogP contribution in [0, 0.1) is 19.3 Å². The van der Waals surface area contributed by atoms with Crippen molar-refractivity contribution in [2.45, 2.75) is 46.0 Å². The molecule has 0 unspecified atom stereocenters. The molecule has 2 fully saturated rings. The molecule has 0 radical (unpaired) electrons. The summed E-state index contributed by atoms with van der Waals surface area (Å²) in [6.07, 6.45) is 3.51. The molecule has 3 rings (SSSR count). The van der Waals surface area contributed by atoms with E-state index >= 15 is 0 Å². The van der Waals surface area contributed by atoms with Crippen molar-refractivity contribution in [3.8, 4) is 0 Å². The molecule has 2 amide bonds. The van der Waals surface area contributed by atoms with Gasteiger partial charge in [-0.3, -0.25) is 9.59 Å². The van der Waals surface area contributed by atoms with Gasteiger partial charge in [-0.2, -0.15) is 0 Å². The number of nitrogens with zero attached hydrogens (tertiary/aromatic N) is 4. The quantitative estimate of drug-likeness (QED) is 0.790. The van der Waals surface area contributed by atoms with Gasteiger partial charge in [-0.15, -0.1) is 0 Å². The Hall–Kier alpha value is -2.22. The van der Waals surface area contributed by atoms with E-state index in [-0.39, 0.29) is 36.2 Å². The lowest BCUT2D eigenvalue weighted by Crippen LogP contribution is -2.55. The van der Waals surface area contributed by atoms with Crippen LogP contribution >= 0.6 is 0 Å². The lowest BCUT2D eigenvalue weighted by Gasteiger charge is -2.48. The molecule has 0 saturated carbocycles. The topological polar surface area (TPSA) is 113 Å². The largest absolute Gasteiger partial charge is 0.395 e. The molecule has 3 N–H and O–H groups in total. The molecule has 2 aliphatic heterocycles. The molecule has 0 bridgehead atoms. The first-order valence-electron chi connectivity index (χ1n) is 9.59. The van der Waals surface area contributed by atoms with Crippen molar-refractivity contribution in [1.29, 1.82) is 0 Å². The van der Waals surface area contributed by atoms with Crippen LogP contribution in [0.15, 0.2) is 0 Å². The van der Waals surface area contributed by atoms with Crippen molar-refractivity contribution < 1.29 is 14.7 Å². The van der Waals surface area contributed by atoms with Crippen molar-refractivity contribution >= 4 is 17.8 Å². The number of nitrogen functional groups attached to an aromatic ring is 1. The molecular weight excluding hydrogens is 346 g/mol. The third-order valence-corrected chi connectivity index (χ3v) is 5.90. The van der Waals surface area contributed by atoms with E-state index in [2.05, 4.69) is 9.97 Å². The second kappa shape index (κ2) is 7.80. The molecule has 1 atom stereocenters. The molecule has 1 aromatic heterocycles. The lowest BCUT2D eigenvalue weighted by molar-refractivity contribution is -0.143. The van der Waals surface area contributed by atoms with E-state index in [0.29, 0.717) is 26.1 Å². The molecule has 27 heavy (non-hydrogen) atoms. The van der Waals surface area contributed by atoms with Crippen LogP contribution in [-0.2, 0) is 16.0 Å². The molecule has 8 heteroatoms. The molecular formula is C19H29N5O3. The number of rotatable bonds is 4. The minimum Gasteiger partial charge on any atom is -0.395 e. The van der Waals surface area contributed by atoms with E-state index in [1.165, 1.54) is 0 Å². The van der Waals surface area contributed by atoms with Gasteiger partial charge in [0.05, 0.1) is 13.0 Å². The molecule has 0 aliphatic carbocycles. The van der Waals surface area contributed by atoms with Crippen LogP contribution in [0.5, 0.6) is 0 Å². The predicted octanol–water partition coefficient (Wildman–Crippen LogP) is 0.442. The normalized spacial score (nSPS) is 23.1. The first kappa shape index (κ1) is 19.5. The summed E-state index contributed by atoms with van der Waals surface area (Å²) in [5.41, 5.74) is 7.96. The second-order valence-corrected chi connectivity index (χ2v) is 7.87. The highest BCUT2D eigenvalue weighted by atomic mass is 16.3. The number of nitrogens with two attached hydrogens (primary N) is 1. The number of piperidine rings is 2. The summed E-state index contributed by atoms with van der Waals surface area (Å²) < 4.78 is 0. The highest BCUT2D eigenvalue weighted by molar-refractivity contribution is 5.80. The number of aliphatic hydroxyl groups excluding tert-OH is 1. The smallest absolute Gasteiger partial charge is 0.227 e. The minimum absolute atomic E-state index is 0.0276. The maximum atomic E-state index is 13.0. The van der Waals surface area contributed by atoms with Crippen LogP contribution in [0.2, 0.25) is 0 Å². The Bertz CT molecular complexity index is 715. The van der Waals surface area contributed by atoms with Crippen LogP contribution in [0.4, 0.5) is 5.95 Å². The zero-order valence-corrected chi connectivity index (χ0v) is 16.2. The molecule has 8 nitrogen and oxygen atoms in total. The maximum absolute atomic E-state index is 13.0. The zero-order chi connectivity index (χ0) is 19.6. The van der Waals surface area contributed by atoms with Crippen molar-refractivity contribution in [3.63, 3.8) is 0 Å². The number of anilines is 1. The van der Waals surface area contributed by atoms with Crippen molar-refractivity contribution in [1.82, 2.24) is 19.8 Å². The highest BCUT2D eigenvalue weighted by Crippen LogP contribution is 2.39. The van der Waals surface area contributed by atoms with Gasteiger partial charge in [-0.1, -0.05) is 0 Å². The van der Waals surface area contributed by atoms with Gasteiger partial charge in [0.2, 0.25) is 17.8 Å². The van der Waals surface area contributed by atoms with E-state index in [0.717, 1.165) is 42.8 Å². The van der Waals surface area contributed by atoms with E-state index in [1.54, 1.807) is 4.90 Å². The van der Waals surface area contributed by atoms with E-state index in [4.69, 9.17) is 5.73 Å². The Balaban J connectivity index is 1.71. The third-order valence-electron chi connectivity index (χ3n) is 5.90. The van der Waals surface area contributed by atoms with Gasteiger partial charge in [0, 0.05) is 55.0 Å². The Kier molecular flexibility index (Phi) is 5.64. The summed E-state index contributed by atoms with van der Waals surface area (Å²) in [5, 5.41) is 9.22. The molecule has 3 heterocycles. The first-order chi connectivity index (χ1) is 12.8. The average Bonchev–Trinajstić information content (AvgIpc) is 2.61. The number of β-amino-alcohol motifs (C(OH)–C–C–N with tert-alkyl or cyclic N) is 1.